The zero-order valence-corrected chi connectivity index (χ0v) is 12.5. The lowest BCUT2D eigenvalue weighted by Gasteiger charge is -2.11. The Hall–Kier alpha value is -1.59. The maximum absolute atomic E-state index is 11.7. The number of carbonyl (C=O) groups excluding carboxylic acids is 2. The molecule has 4 N–H and O–H groups in total. The van der Waals surface area contributed by atoms with Gasteiger partial charge in [0.1, 0.15) is 0 Å². The van der Waals surface area contributed by atoms with Crippen molar-refractivity contribution in [3.8, 4) is 0 Å². The number of halogens is 1. The third-order valence-electron chi connectivity index (χ3n) is 2.49. The number of carbonyl (C=O) groups is 2. The fourth-order valence-electron chi connectivity index (χ4n) is 1.62. The first kappa shape index (κ1) is 16.5. The SMILES string of the molecule is CC(C)CC(=O)Nc1ccc(NC(=O)CCN)cc1Cl. The molecule has 0 fully saturated rings. The molecule has 0 aliphatic rings. The lowest BCUT2D eigenvalue weighted by molar-refractivity contribution is -0.117. The molecule has 20 heavy (non-hydrogen) atoms. The van der Waals surface area contributed by atoms with Crippen molar-refractivity contribution in [1.29, 1.82) is 0 Å². The molecule has 5 nitrogen and oxygen atoms in total. The molecule has 0 spiro atoms. The summed E-state index contributed by atoms with van der Waals surface area (Å²) in [6.07, 6.45) is 0.690. The summed E-state index contributed by atoms with van der Waals surface area (Å²) < 4.78 is 0. The van der Waals surface area contributed by atoms with Crippen LogP contribution in [0.25, 0.3) is 0 Å². The van der Waals surface area contributed by atoms with E-state index < -0.39 is 0 Å². The second kappa shape index (κ2) is 7.87. The maximum Gasteiger partial charge on any atom is 0.225 e. The molecule has 0 bridgehead atoms. The van der Waals surface area contributed by atoms with Gasteiger partial charge in [-0.05, 0) is 24.1 Å². The number of hydrogen-bond acceptors (Lipinski definition) is 3. The number of amides is 2. The lowest BCUT2D eigenvalue weighted by Crippen LogP contribution is -2.16. The summed E-state index contributed by atoms with van der Waals surface area (Å²) in [5.74, 6) is 0.0329. The van der Waals surface area contributed by atoms with E-state index in [0.29, 0.717) is 29.4 Å². The fourth-order valence-corrected chi connectivity index (χ4v) is 1.85. The van der Waals surface area contributed by atoms with Crippen molar-refractivity contribution in [3.05, 3.63) is 23.2 Å². The van der Waals surface area contributed by atoms with Gasteiger partial charge in [0.25, 0.3) is 0 Å². The van der Waals surface area contributed by atoms with Crippen LogP contribution < -0.4 is 16.4 Å². The molecule has 0 aliphatic carbocycles. The summed E-state index contributed by atoms with van der Waals surface area (Å²) >= 11 is 6.08. The molecule has 0 saturated carbocycles. The minimum atomic E-state index is -0.167. The van der Waals surface area contributed by atoms with Gasteiger partial charge >= 0.3 is 0 Å². The molecule has 6 heteroatoms. The molecule has 0 radical (unpaired) electrons. The Morgan fingerprint density at radius 1 is 1.25 bits per heavy atom. The predicted octanol–water partition coefficient (Wildman–Crippen LogP) is 2.61. The van der Waals surface area contributed by atoms with Crippen LogP contribution in [-0.4, -0.2) is 18.4 Å². The zero-order valence-electron chi connectivity index (χ0n) is 11.7. The molecule has 0 aromatic heterocycles. The van der Waals surface area contributed by atoms with Crippen LogP contribution in [0, 0.1) is 5.92 Å². The zero-order chi connectivity index (χ0) is 15.1. The van der Waals surface area contributed by atoms with Gasteiger partial charge in [0.15, 0.2) is 0 Å². The summed E-state index contributed by atoms with van der Waals surface area (Å²) in [7, 11) is 0. The van der Waals surface area contributed by atoms with E-state index >= 15 is 0 Å². The van der Waals surface area contributed by atoms with E-state index in [4.69, 9.17) is 17.3 Å². The van der Waals surface area contributed by atoms with Gasteiger partial charge in [0.05, 0.1) is 10.7 Å². The van der Waals surface area contributed by atoms with Crippen molar-refractivity contribution in [2.24, 2.45) is 11.7 Å². The monoisotopic (exact) mass is 297 g/mol. The number of rotatable bonds is 6. The lowest BCUT2D eigenvalue weighted by atomic mass is 10.1. The Kier molecular flexibility index (Phi) is 6.48. The molecule has 0 atom stereocenters. The normalized spacial score (nSPS) is 10.4. The van der Waals surface area contributed by atoms with Gasteiger partial charge in [-0.1, -0.05) is 25.4 Å². The summed E-state index contributed by atoms with van der Waals surface area (Å²) in [4.78, 5) is 23.1. The Balaban J connectivity index is 2.68. The summed E-state index contributed by atoms with van der Waals surface area (Å²) in [5, 5.41) is 5.81. The van der Waals surface area contributed by atoms with Crippen LogP contribution in [0.2, 0.25) is 5.02 Å². The van der Waals surface area contributed by atoms with E-state index in [0.717, 1.165) is 0 Å². The number of benzene rings is 1. The average Bonchev–Trinajstić information content (AvgIpc) is 2.32. The first-order valence-corrected chi connectivity index (χ1v) is 6.89. The number of nitrogens with one attached hydrogen (secondary N) is 2. The van der Waals surface area contributed by atoms with Gasteiger partial charge < -0.3 is 16.4 Å². The molecule has 0 heterocycles. The van der Waals surface area contributed by atoms with Gasteiger partial charge in [0.2, 0.25) is 11.8 Å². The van der Waals surface area contributed by atoms with E-state index in [2.05, 4.69) is 10.6 Å². The van der Waals surface area contributed by atoms with Crippen LogP contribution in [0.1, 0.15) is 26.7 Å². The second-order valence-electron chi connectivity index (χ2n) is 4.93. The molecule has 2 amide bonds. The molecular weight excluding hydrogens is 278 g/mol. The van der Waals surface area contributed by atoms with Crippen LogP contribution in [0.5, 0.6) is 0 Å². The van der Waals surface area contributed by atoms with E-state index in [1.807, 2.05) is 13.8 Å². The first-order valence-electron chi connectivity index (χ1n) is 6.51. The Morgan fingerprint density at radius 2 is 1.95 bits per heavy atom. The Bertz CT molecular complexity index is 489. The van der Waals surface area contributed by atoms with E-state index in [1.54, 1.807) is 18.2 Å². The van der Waals surface area contributed by atoms with Gasteiger partial charge in [-0.25, -0.2) is 0 Å². The van der Waals surface area contributed by atoms with Crippen molar-refractivity contribution < 1.29 is 9.59 Å². The van der Waals surface area contributed by atoms with Crippen LogP contribution >= 0.6 is 11.6 Å². The minimum Gasteiger partial charge on any atom is -0.330 e. The van der Waals surface area contributed by atoms with E-state index in [9.17, 15) is 9.59 Å². The van der Waals surface area contributed by atoms with E-state index in [-0.39, 0.29) is 24.2 Å². The van der Waals surface area contributed by atoms with Gasteiger partial charge in [-0.3, -0.25) is 9.59 Å². The molecule has 0 aliphatic heterocycles. The van der Waals surface area contributed by atoms with Crippen LogP contribution in [0.15, 0.2) is 18.2 Å². The third-order valence-corrected chi connectivity index (χ3v) is 2.80. The highest BCUT2D eigenvalue weighted by Crippen LogP contribution is 2.26. The van der Waals surface area contributed by atoms with E-state index in [1.165, 1.54) is 0 Å². The topological polar surface area (TPSA) is 84.2 Å². The minimum absolute atomic E-state index is 0.0817. The van der Waals surface area contributed by atoms with Crippen molar-refractivity contribution >= 4 is 34.8 Å². The smallest absolute Gasteiger partial charge is 0.225 e. The third kappa shape index (κ3) is 5.59. The summed E-state index contributed by atoms with van der Waals surface area (Å²) in [6, 6.07) is 4.95. The van der Waals surface area contributed by atoms with Crippen LogP contribution in [0.4, 0.5) is 11.4 Å². The number of nitrogens with two attached hydrogens (primary N) is 1. The Morgan fingerprint density at radius 3 is 2.50 bits per heavy atom. The van der Waals surface area contributed by atoms with Crippen molar-refractivity contribution in [3.63, 3.8) is 0 Å². The van der Waals surface area contributed by atoms with Crippen molar-refractivity contribution in [2.45, 2.75) is 26.7 Å². The average molecular weight is 298 g/mol. The standard InChI is InChI=1S/C14H20ClN3O2/c1-9(2)7-14(20)18-12-4-3-10(8-11(12)15)17-13(19)5-6-16/h3-4,8-9H,5-7,16H2,1-2H3,(H,17,19)(H,18,20). The first-order chi connectivity index (χ1) is 9.42. The number of hydrogen-bond donors (Lipinski definition) is 3. The van der Waals surface area contributed by atoms with Crippen LogP contribution in [0.3, 0.4) is 0 Å². The molecular formula is C14H20ClN3O2. The molecule has 1 aromatic rings. The molecule has 0 unspecified atom stereocenters. The molecule has 1 rings (SSSR count). The van der Waals surface area contributed by atoms with Crippen molar-refractivity contribution in [1.82, 2.24) is 0 Å². The summed E-state index contributed by atoms with van der Waals surface area (Å²) in [5.41, 5.74) is 6.41. The largest absolute Gasteiger partial charge is 0.330 e. The summed E-state index contributed by atoms with van der Waals surface area (Å²) in [6.45, 7) is 4.23. The second-order valence-corrected chi connectivity index (χ2v) is 5.33. The maximum atomic E-state index is 11.7. The highest BCUT2D eigenvalue weighted by atomic mass is 35.5. The highest BCUT2D eigenvalue weighted by molar-refractivity contribution is 6.34. The van der Waals surface area contributed by atoms with Gasteiger partial charge in [-0.2, -0.15) is 0 Å². The predicted molar refractivity (Wildman–Crippen MR) is 81.8 cm³/mol. The molecule has 110 valence electrons. The fraction of sp³-hybridized carbons (Fsp3) is 0.429. The number of anilines is 2. The molecule has 0 saturated heterocycles. The Labute approximate surface area is 123 Å². The molecule has 1 aromatic carbocycles. The van der Waals surface area contributed by atoms with Gasteiger partial charge in [0, 0.05) is 25.1 Å². The van der Waals surface area contributed by atoms with Crippen LogP contribution in [-0.2, 0) is 9.59 Å². The van der Waals surface area contributed by atoms with Crippen molar-refractivity contribution in [2.75, 3.05) is 17.2 Å². The quantitative estimate of drug-likeness (QED) is 0.754. The van der Waals surface area contributed by atoms with Gasteiger partial charge in [-0.15, -0.1) is 0 Å². The highest BCUT2D eigenvalue weighted by Gasteiger charge is 2.09.